The lowest BCUT2D eigenvalue weighted by Gasteiger charge is -2.15. The zero-order valence-electron chi connectivity index (χ0n) is 8.76. The lowest BCUT2D eigenvalue weighted by molar-refractivity contribution is 0.149. The molecule has 0 unspecified atom stereocenters. The minimum Gasteiger partial charge on any atom is -0.392 e. The molecule has 2 N–H and O–H groups in total. The second kappa shape index (κ2) is 6.39. The first-order valence-electron chi connectivity index (χ1n) is 5.76. The zero-order valence-corrected chi connectivity index (χ0v) is 8.76. The Kier molecular flexibility index (Phi) is 5.40. The molecule has 1 fully saturated rings. The first-order valence-corrected chi connectivity index (χ1v) is 5.76. The van der Waals surface area contributed by atoms with E-state index in [1.807, 2.05) is 0 Å². The summed E-state index contributed by atoms with van der Waals surface area (Å²) < 4.78 is 0. The van der Waals surface area contributed by atoms with Crippen LogP contribution in [0.4, 0.5) is 0 Å². The summed E-state index contributed by atoms with van der Waals surface area (Å²) in [7, 11) is 0. The molecular formula is C11H23NO. The monoisotopic (exact) mass is 185 g/mol. The first kappa shape index (κ1) is 11.0. The maximum Gasteiger partial charge on any atom is 0.0693 e. The Bertz CT molecular complexity index is 127. The quantitative estimate of drug-likeness (QED) is 0.621. The molecule has 0 radical (unpaired) electrons. The number of aliphatic hydroxyl groups is 1. The topological polar surface area (TPSA) is 32.3 Å². The lowest BCUT2D eigenvalue weighted by Crippen LogP contribution is -2.36. The van der Waals surface area contributed by atoms with Gasteiger partial charge in [0, 0.05) is 6.04 Å². The van der Waals surface area contributed by atoms with E-state index in [1.54, 1.807) is 0 Å². The van der Waals surface area contributed by atoms with Crippen LogP contribution in [0.1, 0.15) is 51.9 Å². The van der Waals surface area contributed by atoms with E-state index in [2.05, 4.69) is 12.2 Å². The smallest absolute Gasteiger partial charge is 0.0693 e. The van der Waals surface area contributed by atoms with E-state index in [0.29, 0.717) is 6.04 Å². The van der Waals surface area contributed by atoms with Gasteiger partial charge in [-0.1, -0.05) is 26.2 Å². The molecule has 0 amide bonds. The van der Waals surface area contributed by atoms with E-state index in [9.17, 15) is 5.11 Å². The number of unbranched alkanes of at least 4 members (excludes halogenated alkanes) is 3. The van der Waals surface area contributed by atoms with Crippen molar-refractivity contribution in [3.05, 3.63) is 0 Å². The van der Waals surface area contributed by atoms with E-state index in [-0.39, 0.29) is 6.10 Å². The third kappa shape index (κ3) is 4.10. The van der Waals surface area contributed by atoms with Crippen LogP contribution in [0.15, 0.2) is 0 Å². The van der Waals surface area contributed by atoms with Gasteiger partial charge < -0.3 is 10.4 Å². The highest BCUT2D eigenvalue weighted by Crippen LogP contribution is 2.18. The van der Waals surface area contributed by atoms with Crippen molar-refractivity contribution in [2.45, 2.75) is 64.0 Å². The van der Waals surface area contributed by atoms with Crippen molar-refractivity contribution >= 4 is 0 Å². The highest BCUT2D eigenvalue weighted by molar-refractivity contribution is 4.82. The summed E-state index contributed by atoms with van der Waals surface area (Å²) in [6.07, 6.45) is 8.49. The molecule has 1 saturated carbocycles. The fourth-order valence-electron chi connectivity index (χ4n) is 2.02. The molecule has 0 aromatic rings. The maximum atomic E-state index is 9.53. The SMILES string of the molecule is CCCCCCN[C@H]1CCC[C@@H]1O. The third-order valence-corrected chi connectivity index (χ3v) is 2.92. The minimum absolute atomic E-state index is 0.0776. The van der Waals surface area contributed by atoms with Gasteiger partial charge in [0.2, 0.25) is 0 Å². The summed E-state index contributed by atoms with van der Waals surface area (Å²) in [4.78, 5) is 0. The highest BCUT2D eigenvalue weighted by atomic mass is 16.3. The summed E-state index contributed by atoms with van der Waals surface area (Å²) in [6.45, 7) is 3.32. The molecule has 0 saturated heterocycles. The largest absolute Gasteiger partial charge is 0.392 e. The highest BCUT2D eigenvalue weighted by Gasteiger charge is 2.23. The molecule has 0 aliphatic heterocycles. The minimum atomic E-state index is -0.0776. The summed E-state index contributed by atoms with van der Waals surface area (Å²) >= 11 is 0. The van der Waals surface area contributed by atoms with Crippen molar-refractivity contribution in [1.82, 2.24) is 5.32 Å². The third-order valence-electron chi connectivity index (χ3n) is 2.92. The molecule has 2 atom stereocenters. The van der Waals surface area contributed by atoms with Gasteiger partial charge in [-0.2, -0.15) is 0 Å². The number of rotatable bonds is 6. The average molecular weight is 185 g/mol. The van der Waals surface area contributed by atoms with Gasteiger partial charge in [0.1, 0.15) is 0 Å². The van der Waals surface area contributed by atoms with Gasteiger partial charge in [0.05, 0.1) is 6.10 Å². The molecule has 78 valence electrons. The van der Waals surface area contributed by atoms with Gasteiger partial charge in [-0.15, -0.1) is 0 Å². The summed E-state index contributed by atoms with van der Waals surface area (Å²) in [6, 6.07) is 0.390. The van der Waals surface area contributed by atoms with Crippen LogP contribution in [0.5, 0.6) is 0 Å². The van der Waals surface area contributed by atoms with Crippen molar-refractivity contribution in [3.8, 4) is 0 Å². The van der Waals surface area contributed by atoms with E-state index < -0.39 is 0 Å². The van der Waals surface area contributed by atoms with Crippen LogP contribution in [0.25, 0.3) is 0 Å². The molecule has 0 aromatic carbocycles. The molecular weight excluding hydrogens is 162 g/mol. The number of aliphatic hydroxyl groups excluding tert-OH is 1. The second-order valence-electron chi connectivity index (χ2n) is 4.12. The Morgan fingerprint density at radius 2 is 2.08 bits per heavy atom. The maximum absolute atomic E-state index is 9.53. The molecule has 1 rings (SSSR count). The van der Waals surface area contributed by atoms with Crippen LogP contribution in [0, 0.1) is 0 Å². The van der Waals surface area contributed by atoms with E-state index in [4.69, 9.17) is 0 Å². The van der Waals surface area contributed by atoms with Crippen LogP contribution in [0.2, 0.25) is 0 Å². The first-order chi connectivity index (χ1) is 6.34. The molecule has 0 heterocycles. The molecule has 13 heavy (non-hydrogen) atoms. The molecule has 0 spiro atoms. The van der Waals surface area contributed by atoms with Gasteiger partial charge in [-0.25, -0.2) is 0 Å². The predicted molar refractivity (Wildman–Crippen MR) is 55.8 cm³/mol. The Morgan fingerprint density at radius 3 is 2.69 bits per heavy atom. The molecule has 0 bridgehead atoms. The van der Waals surface area contributed by atoms with E-state index in [1.165, 1.54) is 32.1 Å². The summed E-state index contributed by atoms with van der Waals surface area (Å²) in [5, 5.41) is 13.0. The van der Waals surface area contributed by atoms with Crippen molar-refractivity contribution in [1.29, 1.82) is 0 Å². The summed E-state index contributed by atoms with van der Waals surface area (Å²) in [5.41, 5.74) is 0. The second-order valence-corrected chi connectivity index (χ2v) is 4.12. The molecule has 2 nitrogen and oxygen atoms in total. The van der Waals surface area contributed by atoms with Gasteiger partial charge in [-0.05, 0) is 32.2 Å². The van der Waals surface area contributed by atoms with Crippen molar-refractivity contribution in [3.63, 3.8) is 0 Å². The van der Waals surface area contributed by atoms with Gasteiger partial charge in [0.15, 0.2) is 0 Å². The fourth-order valence-corrected chi connectivity index (χ4v) is 2.02. The number of hydrogen-bond acceptors (Lipinski definition) is 2. The fraction of sp³-hybridized carbons (Fsp3) is 1.00. The molecule has 1 aliphatic carbocycles. The Hall–Kier alpha value is -0.0800. The van der Waals surface area contributed by atoms with Gasteiger partial charge in [0.25, 0.3) is 0 Å². The Labute approximate surface area is 81.7 Å². The Morgan fingerprint density at radius 1 is 1.23 bits per heavy atom. The average Bonchev–Trinajstić information content (AvgIpc) is 2.52. The van der Waals surface area contributed by atoms with Crippen LogP contribution in [-0.4, -0.2) is 23.8 Å². The van der Waals surface area contributed by atoms with Crippen LogP contribution in [0.3, 0.4) is 0 Å². The van der Waals surface area contributed by atoms with Crippen LogP contribution in [-0.2, 0) is 0 Å². The standard InChI is InChI=1S/C11H23NO/c1-2-3-4-5-9-12-10-7-6-8-11(10)13/h10-13H,2-9H2,1H3/t10-,11-/m0/s1. The number of nitrogens with one attached hydrogen (secondary N) is 1. The predicted octanol–water partition coefficient (Wildman–Crippen LogP) is 2.07. The zero-order chi connectivity index (χ0) is 9.52. The molecule has 1 aliphatic rings. The Balaban J connectivity index is 1.93. The van der Waals surface area contributed by atoms with Crippen molar-refractivity contribution in [2.24, 2.45) is 0 Å². The van der Waals surface area contributed by atoms with Gasteiger partial charge in [-0.3, -0.25) is 0 Å². The van der Waals surface area contributed by atoms with Crippen LogP contribution >= 0.6 is 0 Å². The summed E-state index contributed by atoms with van der Waals surface area (Å²) in [5.74, 6) is 0. The lowest BCUT2D eigenvalue weighted by atomic mass is 10.2. The molecule has 2 heteroatoms. The van der Waals surface area contributed by atoms with E-state index >= 15 is 0 Å². The normalized spacial score (nSPS) is 28.2. The van der Waals surface area contributed by atoms with Gasteiger partial charge >= 0.3 is 0 Å². The number of hydrogen-bond donors (Lipinski definition) is 2. The van der Waals surface area contributed by atoms with Crippen molar-refractivity contribution in [2.75, 3.05) is 6.54 Å². The molecule has 0 aromatic heterocycles. The van der Waals surface area contributed by atoms with E-state index in [0.717, 1.165) is 19.4 Å². The van der Waals surface area contributed by atoms with Crippen LogP contribution < -0.4 is 5.32 Å². The van der Waals surface area contributed by atoms with Crippen molar-refractivity contribution < 1.29 is 5.11 Å².